The van der Waals surface area contributed by atoms with Crippen molar-refractivity contribution in [3.8, 4) is 10.8 Å². The molecule has 1 aromatic carbocycles. The van der Waals surface area contributed by atoms with Crippen molar-refractivity contribution in [2.45, 2.75) is 25.3 Å². The number of nitrogens with one attached hydrogen (secondary N) is 2. The van der Waals surface area contributed by atoms with Crippen LogP contribution in [0.2, 0.25) is 0 Å². The van der Waals surface area contributed by atoms with Crippen molar-refractivity contribution < 1.29 is 9.18 Å². The molecule has 4 rings (SSSR count). The summed E-state index contributed by atoms with van der Waals surface area (Å²) in [6.07, 6.45) is 2.27. The van der Waals surface area contributed by atoms with Crippen LogP contribution < -0.4 is 5.32 Å². The minimum Gasteiger partial charge on any atom is -0.348 e. The molecule has 0 bridgehead atoms. The van der Waals surface area contributed by atoms with Crippen molar-refractivity contribution in [3.05, 3.63) is 52.5 Å². The summed E-state index contributed by atoms with van der Waals surface area (Å²) in [5.74, 6) is 0.417. The molecule has 2 heterocycles. The maximum atomic E-state index is 13.0. The van der Waals surface area contributed by atoms with Gasteiger partial charge in [0.15, 0.2) is 10.8 Å². The fourth-order valence-electron chi connectivity index (χ4n) is 2.68. The Morgan fingerprint density at radius 2 is 2.17 bits per heavy atom. The van der Waals surface area contributed by atoms with Gasteiger partial charge in [-0.1, -0.05) is 12.1 Å². The van der Waals surface area contributed by atoms with E-state index in [4.69, 9.17) is 0 Å². The maximum absolute atomic E-state index is 13.0. The highest BCUT2D eigenvalue weighted by molar-refractivity contribution is 7.17. The molecule has 2 atom stereocenters. The molecular weight excluding hydrogens is 329 g/mol. The third kappa shape index (κ3) is 2.80. The van der Waals surface area contributed by atoms with E-state index >= 15 is 0 Å². The lowest BCUT2D eigenvalue weighted by molar-refractivity contribution is 0.0953. The second-order valence-corrected chi connectivity index (χ2v) is 6.74. The first-order valence-electron chi connectivity index (χ1n) is 7.51. The monoisotopic (exact) mass is 343 g/mol. The van der Waals surface area contributed by atoms with Gasteiger partial charge in [0.25, 0.3) is 5.91 Å². The SMILES string of the molecule is Cc1nc(-c2ncn[nH]2)sc1C(=O)N[C@H]1C[C@H]1c1ccc(F)cc1. The van der Waals surface area contributed by atoms with E-state index in [1.54, 1.807) is 19.1 Å². The van der Waals surface area contributed by atoms with Crippen molar-refractivity contribution in [3.63, 3.8) is 0 Å². The third-order valence-corrected chi connectivity index (χ3v) is 5.19. The van der Waals surface area contributed by atoms with Gasteiger partial charge in [0.2, 0.25) is 0 Å². The van der Waals surface area contributed by atoms with Crippen LogP contribution in [0.15, 0.2) is 30.6 Å². The standard InChI is InChI=1S/C16H14FN5OS/c1-8-13(24-16(20-8)14-18-7-19-22-14)15(23)21-12-6-11(12)9-2-4-10(17)5-3-9/h2-5,7,11-12H,6H2,1H3,(H,21,23)(H,18,19,22)/t11-,12-/m0/s1. The smallest absolute Gasteiger partial charge is 0.263 e. The largest absolute Gasteiger partial charge is 0.348 e. The number of thiazole rings is 1. The molecule has 0 radical (unpaired) electrons. The fourth-order valence-corrected chi connectivity index (χ4v) is 3.60. The van der Waals surface area contributed by atoms with Gasteiger partial charge in [-0.05, 0) is 31.0 Å². The molecule has 0 aliphatic heterocycles. The number of carbonyl (C=O) groups is 1. The zero-order chi connectivity index (χ0) is 16.7. The predicted molar refractivity (Wildman–Crippen MR) is 87.2 cm³/mol. The number of nitrogens with zero attached hydrogens (tertiary/aromatic N) is 3. The Kier molecular flexibility index (Phi) is 3.61. The Labute approximate surface area is 141 Å². The van der Waals surface area contributed by atoms with Crippen LogP contribution in [0.4, 0.5) is 4.39 Å². The maximum Gasteiger partial charge on any atom is 0.263 e. The van der Waals surface area contributed by atoms with Crippen LogP contribution in [0, 0.1) is 12.7 Å². The summed E-state index contributed by atoms with van der Waals surface area (Å²) in [6.45, 7) is 1.80. The number of benzene rings is 1. The van der Waals surface area contributed by atoms with Gasteiger partial charge in [-0.3, -0.25) is 9.89 Å². The number of aryl methyl sites for hydroxylation is 1. The number of aromatic amines is 1. The third-order valence-electron chi connectivity index (χ3n) is 4.03. The van der Waals surface area contributed by atoms with E-state index in [1.807, 2.05) is 0 Å². The molecule has 2 N–H and O–H groups in total. The van der Waals surface area contributed by atoms with Crippen LogP contribution in [0.25, 0.3) is 10.8 Å². The van der Waals surface area contributed by atoms with Crippen LogP contribution in [-0.4, -0.2) is 32.1 Å². The molecule has 1 saturated carbocycles. The fraction of sp³-hybridized carbons (Fsp3) is 0.250. The lowest BCUT2D eigenvalue weighted by atomic mass is 10.1. The summed E-state index contributed by atoms with van der Waals surface area (Å²) in [6, 6.07) is 6.52. The molecule has 8 heteroatoms. The summed E-state index contributed by atoms with van der Waals surface area (Å²) in [5, 5.41) is 10.2. The highest BCUT2D eigenvalue weighted by Gasteiger charge is 2.40. The number of aromatic nitrogens is 4. The number of rotatable bonds is 4. The van der Waals surface area contributed by atoms with E-state index < -0.39 is 0 Å². The van der Waals surface area contributed by atoms with Crippen LogP contribution in [0.5, 0.6) is 0 Å². The second-order valence-electron chi connectivity index (χ2n) is 5.74. The molecule has 0 unspecified atom stereocenters. The molecule has 0 saturated heterocycles. The summed E-state index contributed by atoms with van der Waals surface area (Å²) in [5.41, 5.74) is 1.72. The van der Waals surface area contributed by atoms with E-state index in [9.17, 15) is 9.18 Å². The van der Waals surface area contributed by atoms with Crippen LogP contribution in [-0.2, 0) is 0 Å². The second kappa shape index (κ2) is 5.79. The summed E-state index contributed by atoms with van der Waals surface area (Å²) in [4.78, 5) is 21.5. The zero-order valence-electron chi connectivity index (χ0n) is 12.8. The van der Waals surface area contributed by atoms with Crippen LogP contribution in [0.3, 0.4) is 0 Å². The van der Waals surface area contributed by atoms with Crippen molar-refractivity contribution in [2.75, 3.05) is 0 Å². The van der Waals surface area contributed by atoms with Gasteiger partial charge in [-0.25, -0.2) is 14.4 Å². The van der Waals surface area contributed by atoms with Crippen molar-refractivity contribution in [1.82, 2.24) is 25.5 Å². The molecule has 2 aromatic heterocycles. The number of hydrogen-bond donors (Lipinski definition) is 2. The first kappa shape index (κ1) is 14.9. The Balaban J connectivity index is 1.45. The number of hydrogen-bond acceptors (Lipinski definition) is 5. The Hall–Kier alpha value is -2.61. The van der Waals surface area contributed by atoms with Gasteiger partial charge in [-0.2, -0.15) is 5.10 Å². The molecule has 1 fully saturated rings. The molecule has 3 aromatic rings. The van der Waals surface area contributed by atoms with Crippen LogP contribution in [0.1, 0.15) is 33.3 Å². The Bertz CT molecular complexity index is 875. The lowest BCUT2D eigenvalue weighted by Crippen LogP contribution is -2.26. The average Bonchev–Trinajstić information content (AvgIpc) is 2.99. The van der Waals surface area contributed by atoms with Crippen molar-refractivity contribution >= 4 is 17.2 Å². The summed E-state index contributed by atoms with van der Waals surface area (Å²) < 4.78 is 13.0. The molecule has 6 nitrogen and oxygen atoms in total. The van der Waals surface area contributed by atoms with E-state index in [0.29, 0.717) is 21.4 Å². The number of H-pyrrole nitrogens is 1. The van der Waals surface area contributed by atoms with Gasteiger partial charge >= 0.3 is 0 Å². The average molecular weight is 343 g/mol. The Morgan fingerprint density at radius 1 is 1.38 bits per heavy atom. The molecule has 1 aliphatic carbocycles. The van der Waals surface area contributed by atoms with Crippen LogP contribution >= 0.6 is 11.3 Å². The molecule has 1 aliphatic rings. The van der Waals surface area contributed by atoms with E-state index in [2.05, 4.69) is 25.5 Å². The molecular formula is C16H14FN5OS. The molecule has 122 valence electrons. The topological polar surface area (TPSA) is 83.6 Å². The number of halogens is 1. The first-order valence-corrected chi connectivity index (χ1v) is 8.33. The first-order chi connectivity index (χ1) is 11.6. The lowest BCUT2D eigenvalue weighted by Gasteiger charge is -2.04. The Morgan fingerprint density at radius 3 is 2.88 bits per heavy atom. The van der Waals surface area contributed by atoms with Gasteiger partial charge < -0.3 is 5.32 Å². The minimum atomic E-state index is -0.250. The van der Waals surface area contributed by atoms with E-state index in [0.717, 1.165) is 12.0 Å². The highest BCUT2D eigenvalue weighted by atomic mass is 32.1. The molecule has 0 spiro atoms. The van der Waals surface area contributed by atoms with Gasteiger partial charge in [0.05, 0.1) is 5.69 Å². The molecule has 1 amide bonds. The molecule has 24 heavy (non-hydrogen) atoms. The summed E-state index contributed by atoms with van der Waals surface area (Å²) in [7, 11) is 0. The quantitative estimate of drug-likeness (QED) is 0.763. The van der Waals surface area contributed by atoms with E-state index in [-0.39, 0.29) is 23.7 Å². The number of amides is 1. The predicted octanol–water partition coefficient (Wildman–Crippen LogP) is 2.66. The minimum absolute atomic E-state index is 0.0817. The van der Waals surface area contributed by atoms with Crippen molar-refractivity contribution in [1.29, 1.82) is 0 Å². The number of carbonyl (C=O) groups excluding carboxylic acids is 1. The van der Waals surface area contributed by atoms with Gasteiger partial charge in [0, 0.05) is 12.0 Å². The van der Waals surface area contributed by atoms with E-state index in [1.165, 1.54) is 29.8 Å². The van der Waals surface area contributed by atoms with Gasteiger partial charge in [-0.15, -0.1) is 11.3 Å². The van der Waals surface area contributed by atoms with Crippen molar-refractivity contribution in [2.24, 2.45) is 0 Å². The zero-order valence-corrected chi connectivity index (χ0v) is 13.6. The normalized spacial score (nSPS) is 19.2. The van der Waals surface area contributed by atoms with Gasteiger partial charge in [0.1, 0.15) is 17.0 Å². The highest BCUT2D eigenvalue weighted by Crippen LogP contribution is 2.41. The summed E-state index contributed by atoms with van der Waals surface area (Å²) >= 11 is 1.29.